The van der Waals surface area contributed by atoms with Crippen molar-refractivity contribution in [3.63, 3.8) is 0 Å². The molecule has 0 spiro atoms. The lowest BCUT2D eigenvalue weighted by Gasteiger charge is -2.32. The Hall–Kier alpha value is -3.23. The lowest BCUT2D eigenvalue weighted by atomic mass is 9.85. The molecule has 0 radical (unpaired) electrons. The van der Waals surface area contributed by atoms with Crippen LogP contribution < -0.4 is 15.8 Å². The number of nitrogens with one attached hydrogen (secondary N) is 1. The number of imidazole rings is 1. The fourth-order valence-electron chi connectivity index (χ4n) is 4.05. The van der Waals surface area contributed by atoms with Crippen molar-refractivity contribution in [1.82, 2.24) is 14.9 Å². The summed E-state index contributed by atoms with van der Waals surface area (Å²) < 4.78 is 26.7. The maximum atomic E-state index is 14.0. The van der Waals surface area contributed by atoms with Gasteiger partial charge < -0.3 is 25.1 Å². The molecule has 1 heterocycles. The van der Waals surface area contributed by atoms with Gasteiger partial charge in [0.05, 0.1) is 18.8 Å². The zero-order chi connectivity index (χ0) is 26.3. The maximum Gasteiger partial charge on any atom is 0.249 e. The maximum absolute atomic E-state index is 14.0. The molecule has 0 aliphatic heterocycles. The number of nitrogens with zero attached hydrogens (tertiary/aromatic N) is 2. The summed E-state index contributed by atoms with van der Waals surface area (Å²) in [5.74, 6) is 1.07. The van der Waals surface area contributed by atoms with Crippen LogP contribution in [0.25, 0.3) is 11.3 Å². The fourth-order valence-corrected chi connectivity index (χ4v) is 4.05. The van der Waals surface area contributed by atoms with Gasteiger partial charge in [0.1, 0.15) is 23.8 Å². The Balaban J connectivity index is 2.03. The van der Waals surface area contributed by atoms with E-state index in [1.54, 1.807) is 7.11 Å². The number of nitrogens with two attached hydrogens (primary N) is 1. The molecule has 0 bridgehead atoms. The second-order valence-electron chi connectivity index (χ2n) is 9.93. The Labute approximate surface area is 212 Å². The van der Waals surface area contributed by atoms with Gasteiger partial charge in [-0.05, 0) is 23.1 Å². The predicted octanol–water partition coefficient (Wildman–Crippen LogP) is 4.51. The zero-order valence-corrected chi connectivity index (χ0v) is 21.7. The number of halogens is 1. The number of methoxy groups -OCH3 is 2. The Morgan fingerprint density at radius 2 is 1.86 bits per heavy atom. The number of amides is 1. The number of carbonyl (C=O) groups excluding carboxylic acids is 1. The first-order valence-electron chi connectivity index (χ1n) is 12.1. The molecule has 3 atom stereocenters. The van der Waals surface area contributed by atoms with Gasteiger partial charge in [-0.1, -0.05) is 63.2 Å². The van der Waals surface area contributed by atoms with Crippen molar-refractivity contribution >= 4 is 5.91 Å². The molecule has 1 aromatic heterocycles. The number of rotatable bonds is 11. The predicted molar refractivity (Wildman–Crippen MR) is 139 cm³/mol. The summed E-state index contributed by atoms with van der Waals surface area (Å²) in [6, 6.07) is 17.3. The van der Waals surface area contributed by atoms with Gasteiger partial charge in [-0.2, -0.15) is 0 Å². The van der Waals surface area contributed by atoms with E-state index < -0.39 is 29.6 Å². The zero-order valence-electron chi connectivity index (χ0n) is 21.7. The van der Waals surface area contributed by atoms with Gasteiger partial charge in [-0.3, -0.25) is 4.79 Å². The monoisotopic (exact) mass is 496 g/mol. The van der Waals surface area contributed by atoms with E-state index in [-0.39, 0.29) is 13.0 Å². The number of hydrogen-bond donors (Lipinski definition) is 2. The third-order valence-corrected chi connectivity index (χ3v) is 6.08. The van der Waals surface area contributed by atoms with Crippen LogP contribution in [0.3, 0.4) is 0 Å². The quantitative estimate of drug-likeness (QED) is 0.408. The molecule has 0 saturated heterocycles. The minimum absolute atomic E-state index is 0.108. The van der Waals surface area contributed by atoms with Gasteiger partial charge >= 0.3 is 0 Å². The highest BCUT2D eigenvalue weighted by Crippen LogP contribution is 2.34. The summed E-state index contributed by atoms with van der Waals surface area (Å²) in [5, 5.41) is 3.09. The van der Waals surface area contributed by atoms with Crippen molar-refractivity contribution in [3.8, 4) is 17.0 Å². The van der Waals surface area contributed by atoms with Crippen LogP contribution in [0.2, 0.25) is 0 Å². The molecule has 3 aromatic rings. The Morgan fingerprint density at radius 3 is 2.47 bits per heavy atom. The lowest BCUT2D eigenvalue weighted by molar-refractivity contribution is -0.134. The third kappa shape index (κ3) is 6.92. The number of aromatic nitrogens is 2. The summed E-state index contributed by atoms with van der Waals surface area (Å²) in [4.78, 5) is 18.2. The Kier molecular flexibility index (Phi) is 9.23. The van der Waals surface area contributed by atoms with Crippen LogP contribution in [0.1, 0.15) is 44.6 Å². The number of alkyl halides is 1. The molecule has 1 amide bonds. The van der Waals surface area contributed by atoms with Gasteiger partial charge in [-0.25, -0.2) is 9.37 Å². The number of benzene rings is 2. The first-order chi connectivity index (χ1) is 17.2. The Morgan fingerprint density at radius 1 is 1.14 bits per heavy atom. The molecular weight excluding hydrogens is 459 g/mol. The fraction of sp³-hybridized carbons (Fsp3) is 0.429. The van der Waals surface area contributed by atoms with Crippen molar-refractivity contribution in [3.05, 3.63) is 72.2 Å². The van der Waals surface area contributed by atoms with E-state index >= 15 is 0 Å². The second kappa shape index (κ2) is 12.1. The average molecular weight is 497 g/mol. The lowest BCUT2D eigenvalue weighted by Crippen LogP contribution is -2.45. The number of carbonyl (C=O) groups is 1. The van der Waals surface area contributed by atoms with Crippen molar-refractivity contribution in [2.75, 3.05) is 20.8 Å². The molecule has 0 saturated carbocycles. The summed E-state index contributed by atoms with van der Waals surface area (Å²) in [6.45, 7) is 6.46. The van der Waals surface area contributed by atoms with E-state index in [0.717, 1.165) is 22.6 Å². The summed E-state index contributed by atoms with van der Waals surface area (Å²) >= 11 is 0. The van der Waals surface area contributed by atoms with E-state index in [0.29, 0.717) is 12.4 Å². The molecule has 194 valence electrons. The highest BCUT2D eigenvalue weighted by Gasteiger charge is 2.34. The first-order valence-corrected chi connectivity index (χ1v) is 12.1. The number of ether oxygens (including phenoxy) is 2. The van der Waals surface area contributed by atoms with E-state index in [4.69, 9.17) is 20.2 Å². The topological polar surface area (TPSA) is 91.4 Å². The minimum Gasteiger partial charge on any atom is -0.497 e. The van der Waals surface area contributed by atoms with Crippen molar-refractivity contribution in [1.29, 1.82) is 0 Å². The van der Waals surface area contributed by atoms with E-state index in [1.807, 2.05) is 86.1 Å². The SMILES string of the molecule is COc1cccc(Cn2cc(-c3ccccc3)nc2[C@H](NC(=O)C(C[C@@H](F)CN)OC)C(C)(C)C)c1. The van der Waals surface area contributed by atoms with E-state index in [2.05, 4.69) is 5.32 Å². The highest BCUT2D eigenvalue weighted by molar-refractivity contribution is 5.81. The van der Waals surface area contributed by atoms with Gasteiger partial charge in [0, 0.05) is 38.4 Å². The van der Waals surface area contributed by atoms with Crippen LogP contribution >= 0.6 is 0 Å². The van der Waals surface area contributed by atoms with E-state index in [9.17, 15) is 9.18 Å². The summed E-state index contributed by atoms with van der Waals surface area (Å²) in [5.41, 5.74) is 7.83. The molecule has 7 nitrogen and oxygen atoms in total. The molecule has 0 fully saturated rings. The molecule has 3 rings (SSSR count). The van der Waals surface area contributed by atoms with Gasteiger partial charge in [0.2, 0.25) is 5.91 Å². The smallest absolute Gasteiger partial charge is 0.249 e. The van der Waals surface area contributed by atoms with Crippen molar-refractivity contribution in [2.24, 2.45) is 11.1 Å². The molecule has 8 heteroatoms. The largest absolute Gasteiger partial charge is 0.497 e. The normalized spacial score (nSPS) is 14.2. The molecular formula is C28H37FN4O3. The third-order valence-electron chi connectivity index (χ3n) is 6.08. The molecule has 36 heavy (non-hydrogen) atoms. The Bertz CT molecular complexity index is 1130. The number of hydrogen-bond acceptors (Lipinski definition) is 5. The van der Waals surface area contributed by atoms with Crippen LogP contribution in [0.15, 0.2) is 60.8 Å². The van der Waals surface area contributed by atoms with E-state index in [1.165, 1.54) is 7.11 Å². The minimum atomic E-state index is -1.33. The first kappa shape index (κ1) is 27.4. The van der Waals surface area contributed by atoms with Crippen molar-refractivity contribution in [2.45, 2.75) is 52.1 Å². The van der Waals surface area contributed by atoms with Crippen LogP contribution in [-0.2, 0) is 16.1 Å². The van der Waals surface area contributed by atoms with Crippen LogP contribution in [0, 0.1) is 5.41 Å². The van der Waals surface area contributed by atoms with Crippen molar-refractivity contribution < 1.29 is 18.7 Å². The van der Waals surface area contributed by atoms with Crippen LogP contribution in [-0.4, -0.2) is 48.5 Å². The summed E-state index contributed by atoms with van der Waals surface area (Å²) in [7, 11) is 3.04. The molecule has 0 aliphatic rings. The molecule has 0 aliphatic carbocycles. The van der Waals surface area contributed by atoms with Crippen LogP contribution in [0.4, 0.5) is 4.39 Å². The molecule has 3 N–H and O–H groups in total. The van der Waals surface area contributed by atoms with Crippen LogP contribution in [0.5, 0.6) is 5.75 Å². The summed E-state index contributed by atoms with van der Waals surface area (Å²) in [6.07, 6.45) is -0.393. The van der Waals surface area contributed by atoms with Gasteiger partial charge in [0.25, 0.3) is 0 Å². The highest BCUT2D eigenvalue weighted by atomic mass is 19.1. The van der Waals surface area contributed by atoms with Gasteiger partial charge in [-0.15, -0.1) is 0 Å². The molecule has 2 aromatic carbocycles. The van der Waals surface area contributed by atoms with Gasteiger partial charge in [0.15, 0.2) is 0 Å². The average Bonchev–Trinajstić information content (AvgIpc) is 3.28. The molecule has 1 unspecified atom stereocenters. The standard InChI is InChI=1S/C28H37FN4O3/c1-28(2,3)25(32-27(34)24(36-5)15-21(29)16-30)26-31-23(20-11-7-6-8-12-20)18-33(26)17-19-10-9-13-22(14-19)35-4/h6-14,18,21,24-25H,15-17,30H2,1-5H3,(H,32,34)/t21-,24?,25+/m1/s1. The second-order valence-corrected chi connectivity index (χ2v) is 9.93.